The minimum atomic E-state index is -0.702. The van der Waals surface area contributed by atoms with E-state index < -0.39 is 15.8 Å². The largest absolute Gasteiger partial charge is 0.380 e. The molecule has 2 nitrogen and oxygen atoms in total. The van der Waals surface area contributed by atoms with Crippen molar-refractivity contribution < 1.29 is 0 Å². The Labute approximate surface area is 276 Å². The maximum atomic E-state index is 4.11. The lowest BCUT2D eigenvalue weighted by molar-refractivity contribution is 0.424. The van der Waals surface area contributed by atoms with E-state index in [1.54, 1.807) is 0 Å². The van der Waals surface area contributed by atoms with Crippen LogP contribution in [0.2, 0.25) is 0 Å². The number of benzene rings is 6. The summed E-state index contributed by atoms with van der Waals surface area (Å²) in [6.45, 7) is 0. The fraction of sp³-hybridized carbons (Fsp3) is 0.143. The first-order valence-electron chi connectivity index (χ1n) is 16.4. The van der Waals surface area contributed by atoms with Gasteiger partial charge >= 0.3 is 0 Å². The summed E-state index contributed by atoms with van der Waals surface area (Å²) in [5, 5.41) is 16.5. The summed E-state index contributed by atoms with van der Waals surface area (Å²) in [6, 6.07) is 62.8. The third-order valence-electron chi connectivity index (χ3n) is 8.80. The van der Waals surface area contributed by atoms with E-state index in [0.29, 0.717) is 12.1 Å². The highest BCUT2D eigenvalue weighted by molar-refractivity contribution is 7.80. The van der Waals surface area contributed by atoms with Gasteiger partial charge in [0.25, 0.3) is 0 Å². The highest BCUT2D eigenvalue weighted by Gasteiger charge is 2.29. The summed E-state index contributed by atoms with van der Waals surface area (Å²) in [7, 11) is -1.40. The van der Waals surface area contributed by atoms with Crippen LogP contribution in [0.5, 0.6) is 0 Å². The van der Waals surface area contributed by atoms with Crippen LogP contribution >= 0.6 is 15.8 Å². The van der Waals surface area contributed by atoms with Gasteiger partial charge in [0.1, 0.15) is 0 Å². The highest BCUT2D eigenvalue weighted by Crippen LogP contribution is 2.38. The Bertz CT molecular complexity index is 1600. The second-order valence-corrected chi connectivity index (χ2v) is 16.2. The van der Waals surface area contributed by atoms with Crippen LogP contribution in [0.25, 0.3) is 0 Å². The summed E-state index contributed by atoms with van der Waals surface area (Å²) in [5.41, 5.74) is 2.51. The van der Waals surface area contributed by atoms with Crippen LogP contribution in [0.15, 0.2) is 170 Å². The van der Waals surface area contributed by atoms with Crippen molar-refractivity contribution in [3.63, 3.8) is 0 Å². The van der Waals surface area contributed by atoms with Crippen molar-refractivity contribution in [1.82, 2.24) is 0 Å². The van der Waals surface area contributed by atoms with E-state index in [0.717, 1.165) is 12.8 Å². The Balaban J connectivity index is 1.21. The number of hydrogen-bond donors (Lipinski definition) is 2. The molecule has 0 radical (unpaired) electrons. The molecule has 228 valence electrons. The van der Waals surface area contributed by atoms with Crippen LogP contribution in [0.4, 0.5) is 11.4 Å². The summed E-state index contributed by atoms with van der Waals surface area (Å²) in [6.07, 6.45) is 4.78. The summed E-state index contributed by atoms with van der Waals surface area (Å²) in [5.74, 6) is 0. The molecule has 1 fully saturated rings. The molecule has 46 heavy (non-hydrogen) atoms. The van der Waals surface area contributed by atoms with Gasteiger partial charge in [0.15, 0.2) is 0 Å². The normalized spacial score (nSPS) is 16.3. The maximum Gasteiger partial charge on any atom is 0.0462 e. The predicted molar refractivity (Wildman–Crippen MR) is 204 cm³/mol. The number of rotatable bonds is 10. The Hall–Kier alpha value is -4.22. The molecule has 7 rings (SSSR count). The molecule has 1 aliphatic rings. The van der Waals surface area contributed by atoms with Crippen molar-refractivity contribution in [2.45, 2.75) is 37.8 Å². The van der Waals surface area contributed by atoms with Crippen LogP contribution < -0.4 is 42.5 Å². The molecule has 2 atom stereocenters. The van der Waals surface area contributed by atoms with Crippen LogP contribution in [0.1, 0.15) is 25.7 Å². The van der Waals surface area contributed by atoms with Crippen molar-refractivity contribution in [2.75, 3.05) is 10.6 Å². The van der Waals surface area contributed by atoms with E-state index in [1.807, 2.05) is 0 Å². The molecule has 0 aliphatic heterocycles. The van der Waals surface area contributed by atoms with E-state index in [-0.39, 0.29) is 0 Å². The van der Waals surface area contributed by atoms with Gasteiger partial charge in [-0.1, -0.05) is 171 Å². The van der Waals surface area contributed by atoms with Gasteiger partial charge < -0.3 is 10.6 Å². The lowest BCUT2D eigenvalue weighted by Gasteiger charge is -2.36. The average Bonchev–Trinajstić information content (AvgIpc) is 3.13. The van der Waals surface area contributed by atoms with Crippen LogP contribution in [-0.2, 0) is 0 Å². The highest BCUT2D eigenvalue weighted by atomic mass is 31.1. The topological polar surface area (TPSA) is 24.1 Å². The smallest absolute Gasteiger partial charge is 0.0462 e. The van der Waals surface area contributed by atoms with Crippen molar-refractivity contribution in [3.05, 3.63) is 170 Å². The molecule has 0 amide bonds. The predicted octanol–water partition coefficient (Wildman–Crippen LogP) is 8.04. The average molecular weight is 635 g/mol. The Morgan fingerprint density at radius 3 is 0.957 bits per heavy atom. The first-order valence-corrected chi connectivity index (χ1v) is 19.0. The minimum absolute atomic E-state index is 0.325. The van der Waals surface area contributed by atoms with Crippen molar-refractivity contribution >= 4 is 59.0 Å². The molecule has 0 spiro atoms. The number of nitrogens with one attached hydrogen (secondary N) is 2. The van der Waals surface area contributed by atoms with Gasteiger partial charge in [-0.3, -0.25) is 0 Å². The molecule has 1 aliphatic carbocycles. The molecule has 2 unspecified atom stereocenters. The first kappa shape index (κ1) is 30.4. The Morgan fingerprint density at radius 1 is 0.348 bits per heavy atom. The van der Waals surface area contributed by atoms with E-state index in [1.165, 1.54) is 56.0 Å². The molecule has 0 heterocycles. The Morgan fingerprint density at radius 2 is 0.630 bits per heavy atom. The minimum Gasteiger partial charge on any atom is -0.380 e. The van der Waals surface area contributed by atoms with Crippen molar-refractivity contribution in [2.24, 2.45) is 0 Å². The fourth-order valence-corrected chi connectivity index (χ4v) is 11.4. The number of anilines is 2. The van der Waals surface area contributed by atoms with E-state index in [2.05, 4.69) is 180 Å². The van der Waals surface area contributed by atoms with Gasteiger partial charge in [0.05, 0.1) is 0 Å². The molecule has 1 saturated carbocycles. The monoisotopic (exact) mass is 634 g/mol. The molecule has 0 aromatic heterocycles. The van der Waals surface area contributed by atoms with Crippen molar-refractivity contribution in [3.8, 4) is 0 Å². The molecule has 6 aromatic carbocycles. The van der Waals surface area contributed by atoms with Gasteiger partial charge in [0, 0.05) is 34.1 Å². The second-order valence-electron chi connectivity index (χ2n) is 11.8. The molecular weight excluding hydrogens is 594 g/mol. The third kappa shape index (κ3) is 6.95. The van der Waals surface area contributed by atoms with Crippen LogP contribution in [0.3, 0.4) is 0 Å². The first-order chi connectivity index (χ1) is 22.8. The lowest BCUT2D eigenvalue weighted by atomic mass is 9.90. The van der Waals surface area contributed by atoms with E-state index in [9.17, 15) is 0 Å². The van der Waals surface area contributed by atoms with Crippen LogP contribution in [0, 0.1) is 0 Å². The van der Waals surface area contributed by atoms with Gasteiger partial charge in [0.2, 0.25) is 0 Å². The molecule has 6 aromatic rings. The van der Waals surface area contributed by atoms with E-state index in [4.69, 9.17) is 0 Å². The third-order valence-corrected chi connectivity index (χ3v) is 13.8. The quantitative estimate of drug-likeness (QED) is 0.149. The van der Waals surface area contributed by atoms with Gasteiger partial charge in [-0.15, -0.1) is 0 Å². The zero-order valence-electron chi connectivity index (χ0n) is 26.0. The van der Waals surface area contributed by atoms with Gasteiger partial charge in [-0.25, -0.2) is 0 Å². The van der Waals surface area contributed by atoms with Gasteiger partial charge in [-0.2, -0.15) is 0 Å². The molecule has 0 saturated heterocycles. The SMILES string of the molecule is c1ccc(P(c2ccccc2)c2ccccc2NC2CCCCC2Nc2ccccc2P(c2ccccc2)c2ccccc2)cc1. The van der Waals surface area contributed by atoms with Crippen LogP contribution in [-0.4, -0.2) is 12.1 Å². The fourth-order valence-electron chi connectivity index (χ4n) is 6.62. The molecular formula is C42H40N2P2. The molecule has 0 bridgehead atoms. The summed E-state index contributed by atoms with van der Waals surface area (Å²) >= 11 is 0. The zero-order valence-corrected chi connectivity index (χ0v) is 27.8. The second kappa shape index (κ2) is 14.9. The van der Waals surface area contributed by atoms with E-state index >= 15 is 0 Å². The Kier molecular flexibility index (Phi) is 9.87. The molecule has 4 heteroatoms. The number of hydrogen-bond acceptors (Lipinski definition) is 2. The molecule has 2 N–H and O–H groups in total. The van der Waals surface area contributed by atoms with Crippen molar-refractivity contribution in [1.29, 1.82) is 0 Å². The lowest BCUT2D eigenvalue weighted by Crippen LogP contribution is -2.43. The standard InChI is InChI=1S/C42H40N2P2/c1-5-19-33(20-6-1)45(34-21-7-2-8-22-34)41-31-17-15-29-39(41)43-37-27-13-14-28-38(37)44-40-30-16-18-32-42(40)46(35-23-9-3-10-24-35)36-25-11-4-12-26-36/h1-12,15-26,29-32,37-38,43-44H,13-14,27-28H2. The summed E-state index contributed by atoms with van der Waals surface area (Å²) in [4.78, 5) is 0. The van der Waals surface area contributed by atoms with Gasteiger partial charge in [-0.05, 0) is 62.0 Å². The maximum absolute atomic E-state index is 4.11. The summed E-state index contributed by atoms with van der Waals surface area (Å²) < 4.78 is 0. The zero-order chi connectivity index (χ0) is 31.0. The number of para-hydroxylation sites is 2.